The van der Waals surface area contributed by atoms with E-state index in [-0.39, 0.29) is 0 Å². The number of hydrogen-bond acceptors (Lipinski definition) is 4. The Balaban J connectivity index is 2.16. The van der Waals surface area contributed by atoms with Crippen molar-refractivity contribution in [2.24, 2.45) is 5.73 Å². The van der Waals surface area contributed by atoms with E-state index >= 15 is 0 Å². The number of carbonyl (C=O) groups is 1. The number of nitrogens with zero attached hydrogens (tertiary/aromatic N) is 3. The maximum Gasteiger partial charge on any atom is 0.241 e. The summed E-state index contributed by atoms with van der Waals surface area (Å²) in [7, 11) is 1.63. The first-order valence-electron chi connectivity index (χ1n) is 7.29. The zero-order valence-electron chi connectivity index (χ0n) is 13.3. The molecule has 1 unspecified atom stereocenters. The number of primary amides is 1. The van der Waals surface area contributed by atoms with Gasteiger partial charge in [0.2, 0.25) is 5.91 Å². The first-order valence-corrected chi connectivity index (χ1v) is 7.29. The molecule has 0 aliphatic rings. The molecular formula is C17H18N4O2. The number of amides is 1. The standard InChI is InChI=1S/C17H18N4O2/c1-10-4-5-14-13(6-7-15(23-3)16(14)20-10)12-8-19-21(9-12)11(2)17(18)22/h4-9,11H,1-3H3,(H2,18,22). The van der Waals surface area contributed by atoms with Gasteiger partial charge in [-0.05, 0) is 37.6 Å². The van der Waals surface area contributed by atoms with Crippen LogP contribution >= 0.6 is 0 Å². The Kier molecular flexibility index (Phi) is 3.73. The van der Waals surface area contributed by atoms with E-state index in [0.717, 1.165) is 33.5 Å². The maximum absolute atomic E-state index is 11.3. The number of carbonyl (C=O) groups excluding carboxylic acids is 1. The van der Waals surface area contributed by atoms with Gasteiger partial charge in [0.15, 0.2) is 0 Å². The lowest BCUT2D eigenvalue weighted by Crippen LogP contribution is -2.24. The molecule has 0 spiro atoms. The molecule has 1 aromatic carbocycles. The van der Waals surface area contributed by atoms with Crippen LogP contribution in [-0.4, -0.2) is 27.8 Å². The molecule has 6 nitrogen and oxygen atoms in total. The van der Waals surface area contributed by atoms with Crippen LogP contribution in [-0.2, 0) is 4.79 Å². The highest BCUT2D eigenvalue weighted by molar-refractivity contribution is 5.97. The smallest absolute Gasteiger partial charge is 0.241 e. The van der Waals surface area contributed by atoms with E-state index in [1.807, 2.05) is 37.4 Å². The Bertz CT molecular complexity index is 885. The fourth-order valence-corrected chi connectivity index (χ4v) is 2.53. The summed E-state index contributed by atoms with van der Waals surface area (Å²) in [5, 5.41) is 5.22. The minimum atomic E-state index is -0.492. The van der Waals surface area contributed by atoms with Gasteiger partial charge in [-0.2, -0.15) is 5.10 Å². The lowest BCUT2D eigenvalue weighted by Gasteiger charge is -2.10. The molecule has 2 N–H and O–H groups in total. The monoisotopic (exact) mass is 310 g/mol. The lowest BCUT2D eigenvalue weighted by atomic mass is 10.0. The summed E-state index contributed by atoms with van der Waals surface area (Å²) in [5.41, 5.74) is 8.95. The molecule has 0 saturated heterocycles. The van der Waals surface area contributed by atoms with E-state index in [0.29, 0.717) is 0 Å². The summed E-state index contributed by atoms with van der Waals surface area (Å²) in [5.74, 6) is 0.307. The molecule has 1 atom stereocenters. The van der Waals surface area contributed by atoms with Crippen molar-refractivity contribution in [2.45, 2.75) is 19.9 Å². The van der Waals surface area contributed by atoms with Crippen LogP contribution in [0.5, 0.6) is 5.75 Å². The molecule has 6 heteroatoms. The van der Waals surface area contributed by atoms with Crippen LogP contribution in [0.15, 0.2) is 36.7 Å². The molecule has 118 valence electrons. The van der Waals surface area contributed by atoms with E-state index in [1.165, 1.54) is 0 Å². The largest absolute Gasteiger partial charge is 0.494 e. The highest BCUT2D eigenvalue weighted by atomic mass is 16.5. The number of pyridine rings is 1. The molecule has 3 rings (SSSR count). The van der Waals surface area contributed by atoms with E-state index in [2.05, 4.69) is 10.1 Å². The van der Waals surface area contributed by atoms with Crippen LogP contribution in [0.25, 0.3) is 22.0 Å². The van der Waals surface area contributed by atoms with Crippen molar-refractivity contribution in [1.29, 1.82) is 0 Å². The second-order valence-corrected chi connectivity index (χ2v) is 5.45. The number of rotatable bonds is 4. The average molecular weight is 310 g/mol. The Morgan fingerprint density at radius 3 is 2.78 bits per heavy atom. The number of nitrogens with two attached hydrogens (primary N) is 1. The quantitative estimate of drug-likeness (QED) is 0.802. The lowest BCUT2D eigenvalue weighted by molar-refractivity contribution is -0.120. The number of methoxy groups -OCH3 is 1. The van der Waals surface area contributed by atoms with Crippen molar-refractivity contribution < 1.29 is 9.53 Å². The van der Waals surface area contributed by atoms with Crippen molar-refractivity contribution in [3.63, 3.8) is 0 Å². The van der Waals surface area contributed by atoms with E-state index < -0.39 is 11.9 Å². The molecule has 3 aromatic rings. The molecule has 2 heterocycles. The van der Waals surface area contributed by atoms with Gasteiger partial charge < -0.3 is 10.5 Å². The van der Waals surface area contributed by atoms with Crippen LogP contribution in [0.1, 0.15) is 18.7 Å². The van der Waals surface area contributed by atoms with Gasteiger partial charge >= 0.3 is 0 Å². The minimum absolute atomic E-state index is 0.420. The van der Waals surface area contributed by atoms with Gasteiger partial charge in [-0.3, -0.25) is 9.48 Å². The van der Waals surface area contributed by atoms with Gasteiger partial charge in [0.1, 0.15) is 17.3 Å². The fraction of sp³-hybridized carbons (Fsp3) is 0.235. The topological polar surface area (TPSA) is 83.0 Å². The first kappa shape index (κ1) is 15.0. The van der Waals surface area contributed by atoms with Gasteiger partial charge in [0, 0.05) is 22.8 Å². The van der Waals surface area contributed by atoms with Gasteiger partial charge in [0.05, 0.1) is 13.3 Å². The van der Waals surface area contributed by atoms with Crippen LogP contribution in [0, 0.1) is 6.92 Å². The molecule has 23 heavy (non-hydrogen) atoms. The van der Waals surface area contributed by atoms with Gasteiger partial charge in [-0.25, -0.2) is 4.98 Å². The predicted octanol–water partition coefficient (Wildman–Crippen LogP) is 2.46. The first-order chi connectivity index (χ1) is 11.0. The predicted molar refractivity (Wildman–Crippen MR) is 88.2 cm³/mol. The zero-order valence-corrected chi connectivity index (χ0v) is 13.3. The second kappa shape index (κ2) is 5.72. The van der Waals surface area contributed by atoms with E-state index in [1.54, 1.807) is 24.9 Å². The number of benzene rings is 1. The minimum Gasteiger partial charge on any atom is -0.494 e. The summed E-state index contributed by atoms with van der Waals surface area (Å²) in [4.78, 5) is 15.9. The molecule has 0 fully saturated rings. The van der Waals surface area contributed by atoms with Crippen molar-refractivity contribution in [1.82, 2.24) is 14.8 Å². The Hall–Kier alpha value is -2.89. The van der Waals surface area contributed by atoms with Gasteiger partial charge in [-0.15, -0.1) is 0 Å². The number of fused-ring (bicyclic) bond motifs is 1. The molecule has 0 aliphatic carbocycles. The normalized spacial score (nSPS) is 12.3. The molecule has 0 aliphatic heterocycles. The summed E-state index contributed by atoms with van der Waals surface area (Å²) >= 11 is 0. The van der Waals surface area contributed by atoms with Crippen molar-refractivity contribution in [3.05, 3.63) is 42.4 Å². The molecule has 0 bridgehead atoms. The summed E-state index contributed by atoms with van der Waals surface area (Å²) in [6, 6.07) is 7.34. The molecule has 2 aromatic heterocycles. The number of aryl methyl sites for hydroxylation is 1. The summed E-state index contributed by atoms with van der Waals surface area (Å²) in [6.45, 7) is 3.66. The molecular weight excluding hydrogens is 292 g/mol. The molecule has 0 radical (unpaired) electrons. The second-order valence-electron chi connectivity index (χ2n) is 5.45. The number of ether oxygens (including phenoxy) is 1. The highest BCUT2D eigenvalue weighted by Gasteiger charge is 2.15. The van der Waals surface area contributed by atoms with Crippen LogP contribution in [0.2, 0.25) is 0 Å². The van der Waals surface area contributed by atoms with E-state index in [9.17, 15) is 4.79 Å². The van der Waals surface area contributed by atoms with Crippen LogP contribution < -0.4 is 10.5 Å². The summed E-state index contributed by atoms with van der Waals surface area (Å²) < 4.78 is 6.97. The maximum atomic E-state index is 11.3. The number of aromatic nitrogens is 3. The SMILES string of the molecule is COc1ccc(-c2cnn(C(C)C(N)=O)c2)c2ccc(C)nc12. The Labute approximate surface area is 133 Å². The number of hydrogen-bond donors (Lipinski definition) is 1. The Morgan fingerprint density at radius 1 is 1.30 bits per heavy atom. The van der Waals surface area contributed by atoms with Crippen LogP contribution in [0.3, 0.4) is 0 Å². The Morgan fingerprint density at radius 2 is 2.09 bits per heavy atom. The van der Waals surface area contributed by atoms with Gasteiger partial charge in [0.25, 0.3) is 0 Å². The fourth-order valence-electron chi connectivity index (χ4n) is 2.53. The molecule has 1 amide bonds. The average Bonchev–Trinajstić information content (AvgIpc) is 3.02. The summed E-state index contributed by atoms with van der Waals surface area (Å²) in [6.07, 6.45) is 3.54. The third-order valence-corrected chi connectivity index (χ3v) is 3.90. The highest BCUT2D eigenvalue weighted by Crippen LogP contribution is 2.33. The third kappa shape index (κ3) is 2.63. The van der Waals surface area contributed by atoms with Crippen LogP contribution in [0.4, 0.5) is 0 Å². The van der Waals surface area contributed by atoms with E-state index in [4.69, 9.17) is 10.5 Å². The van der Waals surface area contributed by atoms with Crippen molar-refractivity contribution in [2.75, 3.05) is 7.11 Å². The van der Waals surface area contributed by atoms with Crippen molar-refractivity contribution >= 4 is 16.8 Å². The third-order valence-electron chi connectivity index (χ3n) is 3.90. The zero-order chi connectivity index (χ0) is 16.6. The van der Waals surface area contributed by atoms with Gasteiger partial charge in [-0.1, -0.05) is 6.07 Å². The molecule has 0 saturated carbocycles. The van der Waals surface area contributed by atoms with Crippen molar-refractivity contribution in [3.8, 4) is 16.9 Å².